The molecule has 138 valence electrons. The third-order valence-electron chi connectivity index (χ3n) is 4.06. The van der Waals surface area contributed by atoms with E-state index in [0.29, 0.717) is 10.8 Å². The van der Waals surface area contributed by atoms with E-state index in [1.54, 1.807) is 0 Å². The SMILES string of the molecule is CC1CCc2sc(C(=O)NNC(=O)c3cccnc3SC(F)F)cc2C1. The monoisotopic (exact) mass is 397 g/mol. The Morgan fingerprint density at radius 1 is 1.35 bits per heavy atom. The Bertz CT molecular complexity index is 826. The molecule has 0 aromatic carbocycles. The minimum atomic E-state index is -2.69. The van der Waals surface area contributed by atoms with Gasteiger partial charge in [0.2, 0.25) is 0 Å². The molecule has 0 saturated heterocycles. The number of fused-ring (bicyclic) bond motifs is 1. The summed E-state index contributed by atoms with van der Waals surface area (Å²) in [7, 11) is 0. The lowest BCUT2D eigenvalue weighted by Gasteiger charge is -2.16. The molecule has 1 unspecified atom stereocenters. The fourth-order valence-electron chi connectivity index (χ4n) is 2.80. The van der Waals surface area contributed by atoms with Crippen LogP contribution in [-0.2, 0) is 12.8 Å². The van der Waals surface area contributed by atoms with Crippen molar-refractivity contribution >= 4 is 34.9 Å². The van der Waals surface area contributed by atoms with Gasteiger partial charge in [-0.3, -0.25) is 20.4 Å². The number of nitrogens with one attached hydrogen (secondary N) is 2. The summed E-state index contributed by atoms with van der Waals surface area (Å²) in [6.45, 7) is 2.18. The average molecular weight is 397 g/mol. The van der Waals surface area contributed by atoms with Crippen LogP contribution in [0.1, 0.15) is 43.8 Å². The number of thioether (sulfide) groups is 1. The molecule has 1 atom stereocenters. The molecule has 26 heavy (non-hydrogen) atoms. The van der Waals surface area contributed by atoms with Crippen LogP contribution >= 0.6 is 23.1 Å². The van der Waals surface area contributed by atoms with E-state index >= 15 is 0 Å². The second-order valence-electron chi connectivity index (χ2n) is 6.05. The number of thiophene rings is 1. The van der Waals surface area contributed by atoms with E-state index in [1.165, 1.54) is 40.1 Å². The molecule has 0 radical (unpaired) electrons. The smallest absolute Gasteiger partial charge is 0.267 e. The standard InChI is InChI=1S/C17H17F2N3O2S2/c1-9-4-5-12-10(7-9)8-13(25-12)15(24)22-21-14(23)11-3-2-6-20-16(11)26-17(18)19/h2-3,6,8-9,17H,4-5,7H2,1H3,(H,21,23)(H,22,24). The Hall–Kier alpha value is -2.00. The third kappa shape index (κ3) is 4.39. The lowest BCUT2D eigenvalue weighted by Crippen LogP contribution is -2.41. The number of halogens is 2. The van der Waals surface area contributed by atoms with Crippen molar-refractivity contribution in [1.82, 2.24) is 15.8 Å². The Morgan fingerprint density at radius 3 is 2.88 bits per heavy atom. The molecule has 5 nitrogen and oxygen atoms in total. The summed E-state index contributed by atoms with van der Waals surface area (Å²) in [5.41, 5.74) is 5.79. The number of aryl methyl sites for hydroxylation is 1. The number of nitrogens with zero attached hydrogens (tertiary/aromatic N) is 1. The number of amides is 2. The summed E-state index contributed by atoms with van der Waals surface area (Å²) in [5, 5.41) is -0.0881. The van der Waals surface area contributed by atoms with Crippen LogP contribution in [0.3, 0.4) is 0 Å². The number of alkyl halides is 2. The Balaban J connectivity index is 1.64. The summed E-state index contributed by atoms with van der Waals surface area (Å²) in [6.07, 6.45) is 4.36. The van der Waals surface area contributed by atoms with E-state index in [1.807, 2.05) is 6.07 Å². The molecule has 1 aliphatic carbocycles. The molecule has 3 rings (SSSR count). The molecule has 0 bridgehead atoms. The van der Waals surface area contributed by atoms with Gasteiger partial charge in [-0.1, -0.05) is 6.92 Å². The van der Waals surface area contributed by atoms with Crippen molar-refractivity contribution in [2.75, 3.05) is 0 Å². The van der Waals surface area contributed by atoms with Gasteiger partial charge in [0.15, 0.2) is 0 Å². The van der Waals surface area contributed by atoms with E-state index in [-0.39, 0.29) is 22.4 Å². The predicted molar refractivity (Wildman–Crippen MR) is 96.5 cm³/mol. The number of carbonyl (C=O) groups excluding carboxylic acids is 2. The van der Waals surface area contributed by atoms with Gasteiger partial charge < -0.3 is 0 Å². The molecule has 0 fully saturated rings. The van der Waals surface area contributed by atoms with Crippen LogP contribution in [0, 0.1) is 5.92 Å². The van der Waals surface area contributed by atoms with Crippen molar-refractivity contribution in [3.05, 3.63) is 45.3 Å². The van der Waals surface area contributed by atoms with Crippen molar-refractivity contribution < 1.29 is 18.4 Å². The minimum Gasteiger partial charge on any atom is -0.267 e. The zero-order valence-corrected chi connectivity index (χ0v) is 15.6. The van der Waals surface area contributed by atoms with Gasteiger partial charge in [0, 0.05) is 11.1 Å². The summed E-state index contributed by atoms with van der Waals surface area (Å²) in [4.78, 5) is 30.0. The first-order chi connectivity index (χ1) is 12.4. The van der Waals surface area contributed by atoms with Crippen LogP contribution in [0.25, 0.3) is 0 Å². The molecule has 2 N–H and O–H groups in total. The zero-order chi connectivity index (χ0) is 18.7. The number of pyridine rings is 1. The molecule has 0 aliphatic heterocycles. The molecular formula is C17H17F2N3O2S2. The van der Waals surface area contributed by atoms with E-state index in [9.17, 15) is 18.4 Å². The maximum atomic E-state index is 12.6. The van der Waals surface area contributed by atoms with Gasteiger partial charge in [0.05, 0.1) is 10.4 Å². The molecule has 9 heteroatoms. The summed E-state index contributed by atoms with van der Waals surface area (Å²) < 4.78 is 25.1. The number of hydrogen-bond acceptors (Lipinski definition) is 5. The highest BCUT2D eigenvalue weighted by Crippen LogP contribution is 2.32. The molecule has 2 heterocycles. The lowest BCUT2D eigenvalue weighted by molar-refractivity contribution is 0.0846. The first kappa shape index (κ1) is 18.8. The number of rotatable bonds is 4. The van der Waals surface area contributed by atoms with E-state index < -0.39 is 17.6 Å². The quantitative estimate of drug-likeness (QED) is 0.610. The molecule has 0 spiro atoms. The molecule has 2 amide bonds. The van der Waals surface area contributed by atoms with Crippen LogP contribution in [0.15, 0.2) is 29.4 Å². The van der Waals surface area contributed by atoms with Crippen LogP contribution in [0.2, 0.25) is 0 Å². The maximum Gasteiger partial charge on any atom is 0.290 e. The number of hydrazine groups is 1. The summed E-state index contributed by atoms with van der Waals surface area (Å²) >= 11 is 1.61. The average Bonchev–Trinajstić information content (AvgIpc) is 3.02. The van der Waals surface area contributed by atoms with Gasteiger partial charge in [-0.25, -0.2) is 4.98 Å². The Labute approximate surface area is 157 Å². The van der Waals surface area contributed by atoms with E-state index in [2.05, 4.69) is 22.8 Å². The van der Waals surface area contributed by atoms with Gasteiger partial charge in [0.25, 0.3) is 17.6 Å². The van der Waals surface area contributed by atoms with Gasteiger partial charge in [-0.2, -0.15) is 8.78 Å². The number of hydrogen-bond donors (Lipinski definition) is 2. The van der Waals surface area contributed by atoms with Gasteiger partial charge >= 0.3 is 0 Å². The second kappa shape index (κ2) is 8.13. The molecular weight excluding hydrogens is 380 g/mol. The summed E-state index contributed by atoms with van der Waals surface area (Å²) in [6, 6.07) is 4.71. The highest BCUT2D eigenvalue weighted by Gasteiger charge is 2.21. The van der Waals surface area contributed by atoms with Gasteiger partial charge in [-0.05, 0) is 60.7 Å². The first-order valence-electron chi connectivity index (χ1n) is 8.06. The van der Waals surface area contributed by atoms with Crippen LogP contribution in [0.4, 0.5) is 8.78 Å². The fraction of sp³-hybridized carbons (Fsp3) is 0.353. The summed E-state index contributed by atoms with van der Waals surface area (Å²) in [5.74, 6) is -3.20. The van der Waals surface area contributed by atoms with Crippen LogP contribution < -0.4 is 10.9 Å². The topological polar surface area (TPSA) is 71.1 Å². The van der Waals surface area contributed by atoms with Crippen molar-refractivity contribution in [3.63, 3.8) is 0 Å². The maximum absolute atomic E-state index is 12.6. The highest BCUT2D eigenvalue weighted by molar-refractivity contribution is 7.99. The molecule has 2 aromatic heterocycles. The third-order valence-corrected chi connectivity index (χ3v) is 6.02. The minimum absolute atomic E-state index is 0.0163. The Morgan fingerprint density at radius 2 is 2.12 bits per heavy atom. The first-order valence-corrected chi connectivity index (χ1v) is 9.75. The van der Waals surface area contributed by atoms with Crippen molar-refractivity contribution in [2.45, 2.75) is 37.0 Å². The van der Waals surface area contributed by atoms with E-state index in [0.717, 1.165) is 19.3 Å². The number of carbonyl (C=O) groups is 2. The van der Waals surface area contributed by atoms with Crippen LogP contribution in [0.5, 0.6) is 0 Å². The van der Waals surface area contributed by atoms with Crippen molar-refractivity contribution in [1.29, 1.82) is 0 Å². The van der Waals surface area contributed by atoms with E-state index in [4.69, 9.17) is 0 Å². The lowest BCUT2D eigenvalue weighted by atomic mass is 9.90. The van der Waals surface area contributed by atoms with Crippen LogP contribution in [-0.4, -0.2) is 22.6 Å². The highest BCUT2D eigenvalue weighted by atomic mass is 32.2. The van der Waals surface area contributed by atoms with Crippen molar-refractivity contribution in [3.8, 4) is 0 Å². The normalized spacial score (nSPS) is 16.2. The largest absolute Gasteiger partial charge is 0.290 e. The Kier molecular flexibility index (Phi) is 5.87. The molecule has 1 aliphatic rings. The van der Waals surface area contributed by atoms with Crippen molar-refractivity contribution in [2.24, 2.45) is 5.92 Å². The molecule has 0 saturated carbocycles. The van der Waals surface area contributed by atoms with Gasteiger partial charge in [0.1, 0.15) is 5.03 Å². The zero-order valence-electron chi connectivity index (χ0n) is 13.9. The second-order valence-corrected chi connectivity index (χ2v) is 8.17. The predicted octanol–water partition coefficient (Wildman–Crippen LogP) is 3.66. The van der Waals surface area contributed by atoms with Gasteiger partial charge in [-0.15, -0.1) is 11.3 Å². The fourth-order valence-corrected chi connectivity index (χ4v) is 4.48. The number of aromatic nitrogens is 1. The molecule has 2 aromatic rings.